The van der Waals surface area contributed by atoms with Crippen LogP contribution in [-0.4, -0.2) is 9.55 Å². The van der Waals surface area contributed by atoms with E-state index >= 15 is 0 Å². The molecule has 0 aliphatic rings. The van der Waals surface area contributed by atoms with E-state index in [-0.39, 0.29) is 0 Å². The Morgan fingerprint density at radius 2 is 1.75 bits per heavy atom. The minimum Gasteiger partial charge on any atom is -0.273 e. The second-order valence-electron chi connectivity index (χ2n) is 4.23. The summed E-state index contributed by atoms with van der Waals surface area (Å²) in [5.41, 5.74) is -0.269. The van der Waals surface area contributed by atoms with Crippen molar-refractivity contribution < 1.29 is 4.39 Å². The van der Waals surface area contributed by atoms with E-state index in [2.05, 4.69) is 4.98 Å². The normalized spacial score (nSPS) is 10.9. The minimum absolute atomic E-state index is 0.332. The molecule has 1 heterocycles. The van der Waals surface area contributed by atoms with Crippen molar-refractivity contribution in [3.8, 4) is 5.69 Å². The second-order valence-corrected chi connectivity index (χ2v) is 4.67. The Kier molecular flexibility index (Phi) is 2.91. The highest BCUT2D eigenvalue weighted by atomic mass is 35.5. The molecule has 0 fully saturated rings. The van der Waals surface area contributed by atoms with Crippen LogP contribution in [0.1, 0.15) is 0 Å². The topological polar surface area (TPSA) is 54.9 Å². The molecule has 0 unspecified atom stereocenters. The maximum Gasteiger partial charge on any atom is 0.333 e. The van der Waals surface area contributed by atoms with Crippen LogP contribution in [0.2, 0.25) is 5.02 Å². The largest absolute Gasteiger partial charge is 0.333 e. The lowest BCUT2D eigenvalue weighted by atomic mass is 10.2. The van der Waals surface area contributed by atoms with Crippen molar-refractivity contribution in [1.82, 2.24) is 9.55 Å². The number of aromatic amines is 1. The van der Waals surface area contributed by atoms with Crippen molar-refractivity contribution in [2.24, 2.45) is 0 Å². The van der Waals surface area contributed by atoms with E-state index in [1.165, 1.54) is 41.0 Å². The molecule has 0 aliphatic carbocycles. The minimum atomic E-state index is -0.601. The lowest BCUT2D eigenvalue weighted by Crippen LogP contribution is -2.29. The van der Waals surface area contributed by atoms with E-state index in [0.717, 1.165) is 0 Å². The molecule has 0 amide bonds. The molecule has 1 aromatic heterocycles. The van der Waals surface area contributed by atoms with E-state index in [1.807, 2.05) is 0 Å². The first-order chi connectivity index (χ1) is 9.56. The van der Waals surface area contributed by atoms with Gasteiger partial charge in [0.25, 0.3) is 5.56 Å². The number of H-pyrrole nitrogens is 1. The maximum absolute atomic E-state index is 13.0. The molecule has 0 saturated heterocycles. The molecule has 100 valence electrons. The number of hydrogen-bond donors (Lipinski definition) is 1. The van der Waals surface area contributed by atoms with Gasteiger partial charge in [-0.1, -0.05) is 11.6 Å². The maximum atomic E-state index is 13.0. The SMILES string of the molecule is O=c1[nH]c(=O)n(-c2ccc(F)cc2)c2cc(Cl)ccc12. The van der Waals surface area contributed by atoms with Gasteiger partial charge in [-0.3, -0.25) is 14.3 Å². The van der Waals surface area contributed by atoms with Gasteiger partial charge in [0.2, 0.25) is 0 Å². The fourth-order valence-corrected chi connectivity index (χ4v) is 2.22. The van der Waals surface area contributed by atoms with E-state index < -0.39 is 17.1 Å². The number of aromatic nitrogens is 2. The Bertz CT molecular complexity index is 913. The van der Waals surface area contributed by atoms with Crippen molar-refractivity contribution in [3.05, 3.63) is 74.1 Å². The van der Waals surface area contributed by atoms with Gasteiger partial charge in [-0.05, 0) is 42.5 Å². The Morgan fingerprint density at radius 1 is 1.05 bits per heavy atom. The first-order valence-electron chi connectivity index (χ1n) is 5.77. The summed E-state index contributed by atoms with van der Waals surface area (Å²) in [5, 5.41) is 0.733. The van der Waals surface area contributed by atoms with Crippen molar-refractivity contribution in [2.45, 2.75) is 0 Å². The van der Waals surface area contributed by atoms with Gasteiger partial charge in [0, 0.05) is 5.02 Å². The molecule has 4 nitrogen and oxygen atoms in total. The van der Waals surface area contributed by atoms with Crippen LogP contribution in [0.3, 0.4) is 0 Å². The van der Waals surface area contributed by atoms with Gasteiger partial charge < -0.3 is 0 Å². The summed E-state index contributed by atoms with van der Waals surface area (Å²) in [6.07, 6.45) is 0. The molecule has 2 aromatic carbocycles. The predicted molar refractivity (Wildman–Crippen MR) is 75.1 cm³/mol. The fourth-order valence-electron chi connectivity index (χ4n) is 2.06. The van der Waals surface area contributed by atoms with Gasteiger partial charge in [0.1, 0.15) is 5.82 Å². The van der Waals surface area contributed by atoms with Crippen molar-refractivity contribution in [3.63, 3.8) is 0 Å². The number of benzene rings is 2. The summed E-state index contributed by atoms with van der Waals surface area (Å²) in [4.78, 5) is 26.0. The van der Waals surface area contributed by atoms with Crippen LogP contribution in [0.15, 0.2) is 52.1 Å². The molecule has 3 aromatic rings. The van der Waals surface area contributed by atoms with E-state index in [4.69, 9.17) is 11.6 Å². The third kappa shape index (κ3) is 2.02. The Morgan fingerprint density at radius 3 is 2.45 bits per heavy atom. The lowest BCUT2D eigenvalue weighted by molar-refractivity contribution is 0.627. The summed E-state index contributed by atoms with van der Waals surface area (Å²) < 4.78 is 14.3. The van der Waals surface area contributed by atoms with Gasteiger partial charge in [0.05, 0.1) is 16.6 Å². The molecule has 0 radical (unpaired) electrons. The van der Waals surface area contributed by atoms with Gasteiger partial charge in [-0.15, -0.1) is 0 Å². The average molecular weight is 291 g/mol. The quantitative estimate of drug-likeness (QED) is 0.748. The Labute approximate surface area is 117 Å². The molecule has 20 heavy (non-hydrogen) atoms. The number of fused-ring (bicyclic) bond motifs is 1. The Balaban J connectivity index is 2.46. The highest BCUT2D eigenvalue weighted by molar-refractivity contribution is 6.31. The zero-order valence-corrected chi connectivity index (χ0v) is 10.8. The molecular weight excluding hydrogens is 283 g/mol. The smallest absolute Gasteiger partial charge is 0.273 e. The molecule has 0 saturated carbocycles. The first-order valence-corrected chi connectivity index (χ1v) is 6.14. The standard InChI is InChI=1S/C14H8ClFN2O2/c15-8-1-6-11-12(7-8)18(14(20)17-13(11)19)10-4-2-9(16)3-5-10/h1-7H,(H,17,19,20). The predicted octanol–water partition coefficient (Wildman–Crippen LogP) is 2.47. The molecule has 0 bridgehead atoms. The van der Waals surface area contributed by atoms with Crippen molar-refractivity contribution in [1.29, 1.82) is 0 Å². The number of nitrogens with one attached hydrogen (secondary N) is 1. The van der Waals surface area contributed by atoms with Crippen LogP contribution in [0, 0.1) is 5.82 Å². The van der Waals surface area contributed by atoms with E-state index in [0.29, 0.717) is 21.6 Å². The number of hydrogen-bond acceptors (Lipinski definition) is 2. The second kappa shape index (κ2) is 4.61. The van der Waals surface area contributed by atoms with Crippen LogP contribution in [0.5, 0.6) is 0 Å². The summed E-state index contributed by atoms with van der Waals surface area (Å²) in [7, 11) is 0. The molecule has 6 heteroatoms. The average Bonchev–Trinajstić information content (AvgIpc) is 2.40. The summed E-state index contributed by atoms with van der Waals surface area (Å²) in [5.74, 6) is -0.409. The number of rotatable bonds is 1. The molecular formula is C14H8ClFN2O2. The van der Waals surface area contributed by atoms with Gasteiger partial charge in [0.15, 0.2) is 0 Å². The molecule has 1 N–H and O–H groups in total. The zero-order chi connectivity index (χ0) is 14.3. The molecule has 0 aliphatic heterocycles. The lowest BCUT2D eigenvalue weighted by Gasteiger charge is -2.09. The number of nitrogens with zero attached hydrogens (tertiary/aromatic N) is 1. The fraction of sp³-hybridized carbons (Fsp3) is 0. The third-order valence-corrected chi connectivity index (χ3v) is 3.19. The van der Waals surface area contributed by atoms with E-state index in [1.54, 1.807) is 6.07 Å². The summed E-state index contributed by atoms with van der Waals surface area (Å²) >= 11 is 5.92. The van der Waals surface area contributed by atoms with Crippen molar-refractivity contribution >= 4 is 22.5 Å². The summed E-state index contributed by atoms with van der Waals surface area (Å²) in [6.45, 7) is 0. The third-order valence-electron chi connectivity index (χ3n) is 2.95. The summed E-state index contributed by atoms with van der Waals surface area (Å²) in [6, 6.07) is 10.0. The highest BCUT2D eigenvalue weighted by Crippen LogP contribution is 2.18. The zero-order valence-electron chi connectivity index (χ0n) is 10.1. The van der Waals surface area contributed by atoms with Crippen molar-refractivity contribution in [2.75, 3.05) is 0 Å². The molecule has 3 rings (SSSR count). The van der Waals surface area contributed by atoms with Crippen LogP contribution in [0.4, 0.5) is 4.39 Å². The monoisotopic (exact) mass is 290 g/mol. The van der Waals surface area contributed by atoms with Gasteiger partial charge in [-0.25, -0.2) is 9.18 Å². The van der Waals surface area contributed by atoms with Gasteiger partial charge in [-0.2, -0.15) is 0 Å². The van der Waals surface area contributed by atoms with Crippen LogP contribution < -0.4 is 11.2 Å². The van der Waals surface area contributed by atoms with E-state index in [9.17, 15) is 14.0 Å². The van der Waals surface area contributed by atoms with Crippen LogP contribution in [-0.2, 0) is 0 Å². The molecule has 0 spiro atoms. The molecule has 0 atom stereocenters. The van der Waals surface area contributed by atoms with Crippen LogP contribution in [0.25, 0.3) is 16.6 Å². The highest BCUT2D eigenvalue weighted by Gasteiger charge is 2.09. The van der Waals surface area contributed by atoms with Gasteiger partial charge >= 0.3 is 5.69 Å². The first kappa shape index (κ1) is 12.6. The number of halogens is 2. The van der Waals surface area contributed by atoms with Crippen LogP contribution >= 0.6 is 11.6 Å². The Hall–Kier alpha value is -2.40.